The molecule has 3 aliphatic heterocycles. The van der Waals surface area contributed by atoms with Crippen molar-refractivity contribution in [3.63, 3.8) is 0 Å². The molecular weight excluding hydrogens is 662 g/mol. The maximum Gasteiger partial charge on any atom is 0.325 e. The average Bonchev–Trinajstić information content (AvgIpc) is 3.71. The zero-order valence-corrected chi connectivity index (χ0v) is 26.3. The Bertz CT molecular complexity index is 1870. The molecule has 230 valence electrons. The molecule has 3 aliphatic rings. The number of aromatic amines is 1. The van der Waals surface area contributed by atoms with Crippen LogP contribution >= 0.6 is 24.7 Å². The lowest BCUT2D eigenvalue weighted by atomic mass is 10.2. The van der Waals surface area contributed by atoms with Crippen LogP contribution in [-0.4, -0.2) is 71.6 Å². The summed E-state index contributed by atoms with van der Waals surface area (Å²) in [7, 11) is 0. The standard InChI is InChI=1S/C22H26N8O8P2S3/c23-12-1-3-25-18-11(12)2-4-29(18)16-6-13-15(36-16)8-33-39(32,41)37-14-5-10(7-34-40(42,43)38-13)35-21(14)30-9-26-17-19(30)27-22(24)28-20(17)31/h1-4,9-10,13-16,21H,5-8H2,(H2,23,25)(H,32,41)(H,42,43)(H3,24,27,28,31)/t10-,13-,14+,15+,16+,21+,39?/m0/s1. The molecule has 8 atom stereocenters. The van der Waals surface area contributed by atoms with Gasteiger partial charge in [-0.1, -0.05) is 12.2 Å². The molecule has 2 unspecified atom stereocenters. The molecule has 6 N–H and O–H groups in total. The van der Waals surface area contributed by atoms with Gasteiger partial charge in [0.1, 0.15) is 24.1 Å². The quantitative estimate of drug-likeness (QED) is 0.151. The van der Waals surface area contributed by atoms with Crippen molar-refractivity contribution in [3.05, 3.63) is 41.2 Å². The van der Waals surface area contributed by atoms with E-state index in [4.69, 9.17) is 62.6 Å². The number of nitrogens with one attached hydrogen (secondary N) is 1. The molecule has 3 fully saturated rings. The molecule has 7 rings (SSSR count). The van der Waals surface area contributed by atoms with E-state index < -0.39 is 54.8 Å². The molecule has 0 saturated carbocycles. The lowest BCUT2D eigenvalue weighted by Crippen LogP contribution is -2.29. The summed E-state index contributed by atoms with van der Waals surface area (Å²) in [4.78, 5) is 38.7. The van der Waals surface area contributed by atoms with Crippen molar-refractivity contribution in [1.82, 2.24) is 29.1 Å². The molecular formula is C22H26N8O8P2S3. The van der Waals surface area contributed by atoms with Crippen LogP contribution in [0.1, 0.15) is 25.3 Å². The van der Waals surface area contributed by atoms with E-state index >= 15 is 0 Å². The van der Waals surface area contributed by atoms with Gasteiger partial charge in [-0.15, -0.1) is 0 Å². The van der Waals surface area contributed by atoms with Gasteiger partial charge in [0.15, 0.2) is 17.4 Å². The van der Waals surface area contributed by atoms with Crippen molar-refractivity contribution in [2.75, 3.05) is 24.7 Å². The predicted octanol–water partition coefficient (Wildman–Crippen LogP) is 2.10. The summed E-state index contributed by atoms with van der Waals surface area (Å²) in [5, 5.41) is 0.783. The Balaban J connectivity index is 1.17. The van der Waals surface area contributed by atoms with Crippen LogP contribution in [-0.2, 0) is 51.2 Å². The molecule has 0 aliphatic carbocycles. The number of nitrogens with two attached hydrogens (primary N) is 2. The van der Waals surface area contributed by atoms with Crippen LogP contribution in [0.15, 0.2) is 35.6 Å². The van der Waals surface area contributed by atoms with Gasteiger partial charge in [0.05, 0.1) is 31.7 Å². The first-order valence-electron chi connectivity index (χ1n) is 13.0. The van der Waals surface area contributed by atoms with Gasteiger partial charge < -0.3 is 48.5 Å². The summed E-state index contributed by atoms with van der Waals surface area (Å²) in [5.74, 6) is -0.100. The number of pyridine rings is 1. The monoisotopic (exact) mass is 688 g/mol. The van der Waals surface area contributed by atoms with Gasteiger partial charge in [-0.2, -0.15) is 4.98 Å². The average molecular weight is 689 g/mol. The SMILES string of the molecule is Nc1nc2c(ncn2[C@@H]2O[C@@H]3COP(=S)(S)O[C@H]4C[C@H](n5ccc6c(N)ccnc65)O[C@@H]4COP(O)(=S)O[C@@H]2C3)c(=O)[nH]1. The molecule has 16 nitrogen and oxygen atoms in total. The molecule has 21 heteroatoms. The van der Waals surface area contributed by atoms with E-state index in [0.717, 1.165) is 5.39 Å². The summed E-state index contributed by atoms with van der Waals surface area (Å²) >= 11 is 15.6. The summed E-state index contributed by atoms with van der Waals surface area (Å²) in [5.41, 5.74) is 9.69. The maximum absolute atomic E-state index is 12.3. The number of ether oxygens (including phenoxy) is 2. The van der Waals surface area contributed by atoms with Crippen molar-refractivity contribution in [1.29, 1.82) is 0 Å². The van der Waals surface area contributed by atoms with Crippen LogP contribution in [0, 0.1) is 0 Å². The third-order valence-corrected chi connectivity index (χ3v) is 11.2. The van der Waals surface area contributed by atoms with Gasteiger partial charge >= 0.3 is 6.72 Å². The number of imidazole rings is 1. The van der Waals surface area contributed by atoms with Gasteiger partial charge in [-0.25, -0.2) is 9.97 Å². The molecule has 0 aromatic carbocycles. The van der Waals surface area contributed by atoms with Crippen molar-refractivity contribution >= 4 is 82.1 Å². The minimum Gasteiger partial charge on any atom is -0.398 e. The summed E-state index contributed by atoms with van der Waals surface area (Å²) < 4.78 is 39.9. The fraction of sp³-hybridized carbons (Fsp3) is 0.455. The Labute approximate surface area is 258 Å². The molecule has 0 radical (unpaired) electrons. The Hall–Kier alpha value is -1.99. The van der Waals surface area contributed by atoms with Crippen LogP contribution < -0.4 is 17.0 Å². The predicted molar refractivity (Wildman–Crippen MR) is 165 cm³/mol. The Morgan fingerprint density at radius 1 is 1.02 bits per heavy atom. The molecule has 43 heavy (non-hydrogen) atoms. The van der Waals surface area contributed by atoms with E-state index in [0.29, 0.717) is 17.8 Å². The Morgan fingerprint density at radius 2 is 1.86 bits per heavy atom. The molecule has 7 heterocycles. The Morgan fingerprint density at radius 3 is 2.70 bits per heavy atom. The van der Waals surface area contributed by atoms with Crippen molar-refractivity contribution < 1.29 is 32.5 Å². The maximum atomic E-state index is 12.3. The van der Waals surface area contributed by atoms with Gasteiger partial charge in [0.25, 0.3) is 5.56 Å². The fourth-order valence-corrected chi connectivity index (χ4v) is 8.98. The number of rotatable bonds is 2. The zero-order chi connectivity index (χ0) is 30.1. The first-order chi connectivity index (χ1) is 20.5. The first kappa shape index (κ1) is 29.7. The number of anilines is 2. The number of fused-ring (bicyclic) bond motifs is 5. The third-order valence-electron chi connectivity index (χ3n) is 7.37. The normalized spacial score (nSPS) is 35.4. The highest BCUT2D eigenvalue weighted by atomic mass is 32.9. The van der Waals surface area contributed by atoms with Crippen LogP contribution in [0.2, 0.25) is 0 Å². The Kier molecular flexibility index (Phi) is 7.68. The van der Waals surface area contributed by atoms with Gasteiger partial charge in [0, 0.05) is 36.3 Å². The number of nitrogen functional groups attached to an aromatic ring is 2. The van der Waals surface area contributed by atoms with Gasteiger partial charge in [0.2, 0.25) is 11.6 Å². The number of hydrogen-bond donors (Lipinski definition) is 5. The lowest BCUT2D eigenvalue weighted by Gasteiger charge is -2.27. The molecule has 4 aromatic rings. The van der Waals surface area contributed by atoms with Crippen LogP contribution in [0.25, 0.3) is 22.2 Å². The number of aromatic nitrogens is 6. The fourth-order valence-electron chi connectivity index (χ4n) is 5.48. The molecule has 2 bridgehead atoms. The molecule has 0 spiro atoms. The number of thiol groups is 1. The smallest absolute Gasteiger partial charge is 0.325 e. The zero-order valence-electron chi connectivity index (χ0n) is 22.0. The van der Waals surface area contributed by atoms with Crippen LogP contribution in [0.3, 0.4) is 0 Å². The minimum absolute atomic E-state index is 0.00217. The van der Waals surface area contributed by atoms with E-state index in [9.17, 15) is 9.69 Å². The molecule has 4 aromatic heterocycles. The highest BCUT2D eigenvalue weighted by Gasteiger charge is 2.45. The first-order valence-corrected chi connectivity index (χ1v) is 19.4. The van der Waals surface area contributed by atoms with Crippen LogP contribution in [0.4, 0.5) is 11.6 Å². The summed E-state index contributed by atoms with van der Waals surface area (Å²) in [6, 6.07) is 3.58. The van der Waals surface area contributed by atoms with Crippen molar-refractivity contribution in [2.24, 2.45) is 0 Å². The minimum atomic E-state index is -3.87. The summed E-state index contributed by atoms with van der Waals surface area (Å²) in [6.45, 7) is -4.03. The van der Waals surface area contributed by atoms with Crippen LogP contribution in [0.5, 0.6) is 0 Å². The second-order valence-corrected chi connectivity index (χ2v) is 18.2. The molecule has 3 saturated heterocycles. The van der Waals surface area contributed by atoms with Crippen molar-refractivity contribution in [2.45, 2.75) is 49.7 Å². The van der Waals surface area contributed by atoms with Crippen molar-refractivity contribution in [3.8, 4) is 0 Å². The molecule has 0 amide bonds. The summed E-state index contributed by atoms with van der Waals surface area (Å²) in [6.07, 6.45) is 1.27. The highest BCUT2D eigenvalue weighted by Crippen LogP contribution is 2.58. The van der Waals surface area contributed by atoms with E-state index in [2.05, 4.69) is 32.2 Å². The number of H-pyrrole nitrogens is 1. The number of nitrogens with zero attached hydrogens (tertiary/aromatic N) is 5. The number of hydrogen-bond acceptors (Lipinski definition) is 14. The topological polar surface area (TPSA) is 209 Å². The van der Waals surface area contributed by atoms with Gasteiger partial charge in [-0.05, 0) is 35.7 Å². The highest BCUT2D eigenvalue weighted by molar-refractivity contribution is 8.60. The van der Waals surface area contributed by atoms with Gasteiger partial charge in [-0.3, -0.25) is 14.3 Å². The second-order valence-electron chi connectivity index (χ2n) is 10.2. The van der Waals surface area contributed by atoms with E-state index in [1.807, 2.05) is 16.8 Å². The van der Waals surface area contributed by atoms with E-state index in [1.54, 1.807) is 12.3 Å². The van der Waals surface area contributed by atoms with E-state index in [1.165, 1.54) is 10.9 Å². The largest absolute Gasteiger partial charge is 0.398 e. The third kappa shape index (κ3) is 5.78. The lowest BCUT2D eigenvalue weighted by molar-refractivity contribution is -0.0561. The second kappa shape index (κ2) is 11.1. The van der Waals surface area contributed by atoms with E-state index in [-0.39, 0.29) is 36.7 Å².